The SMILES string of the molecule is COc1cc(CN(C)c2ncnc3sc(C)c(C)c23)ccc1OC(F)F. The minimum atomic E-state index is -2.89. The lowest BCUT2D eigenvalue weighted by Crippen LogP contribution is -2.18. The second-order valence-corrected chi connectivity index (χ2v) is 7.08. The van der Waals surface area contributed by atoms with Crippen molar-refractivity contribution >= 4 is 27.4 Å². The Bertz CT molecular complexity index is 930. The van der Waals surface area contributed by atoms with E-state index in [9.17, 15) is 8.78 Å². The van der Waals surface area contributed by atoms with Gasteiger partial charge in [-0.2, -0.15) is 8.78 Å². The molecule has 0 spiro atoms. The van der Waals surface area contributed by atoms with Crippen molar-refractivity contribution in [1.29, 1.82) is 0 Å². The van der Waals surface area contributed by atoms with Gasteiger partial charge in [-0.1, -0.05) is 6.07 Å². The smallest absolute Gasteiger partial charge is 0.387 e. The van der Waals surface area contributed by atoms with E-state index in [0.29, 0.717) is 6.54 Å². The highest BCUT2D eigenvalue weighted by molar-refractivity contribution is 7.18. The van der Waals surface area contributed by atoms with Crippen molar-refractivity contribution < 1.29 is 18.3 Å². The van der Waals surface area contributed by atoms with Crippen LogP contribution in [0.1, 0.15) is 16.0 Å². The zero-order chi connectivity index (χ0) is 18.8. The first-order valence-corrected chi connectivity index (χ1v) is 8.76. The van der Waals surface area contributed by atoms with E-state index in [2.05, 4.69) is 28.6 Å². The molecule has 0 amide bonds. The Balaban J connectivity index is 1.90. The predicted molar refractivity (Wildman–Crippen MR) is 98.6 cm³/mol. The molecule has 0 saturated heterocycles. The molecule has 0 N–H and O–H groups in total. The highest BCUT2D eigenvalue weighted by Crippen LogP contribution is 2.35. The van der Waals surface area contributed by atoms with Crippen molar-refractivity contribution in [2.24, 2.45) is 0 Å². The van der Waals surface area contributed by atoms with Crippen LogP contribution in [-0.4, -0.2) is 30.7 Å². The highest BCUT2D eigenvalue weighted by atomic mass is 32.1. The summed E-state index contributed by atoms with van der Waals surface area (Å²) in [6.45, 7) is 1.77. The van der Waals surface area contributed by atoms with E-state index < -0.39 is 6.61 Å². The van der Waals surface area contributed by atoms with E-state index in [0.717, 1.165) is 21.6 Å². The second kappa shape index (κ2) is 7.41. The summed E-state index contributed by atoms with van der Waals surface area (Å²) in [5.41, 5.74) is 2.06. The van der Waals surface area contributed by atoms with Crippen LogP contribution in [0.15, 0.2) is 24.5 Å². The molecule has 0 bridgehead atoms. The van der Waals surface area contributed by atoms with Crippen LogP contribution >= 0.6 is 11.3 Å². The van der Waals surface area contributed by atoms with Gasteiger partial charge in [-0.05, 0) is 37.1 Å². The number of methoxy groups -OCH3 is 1. The molecule has 0 radical (unpaired) electrons. The maximum absolute atomic E-state index is 12.5. The van der Waals surface area contributed by atoms with Crippen LogP contribution in [0.4, 0.5) is 14.6 Å². The maximum atomic E-state index is 12.5. The topological polar surface area (TPSA) is 47.5 Å². The summed E-state index contributed by atoms with van der Waals surface area (Å²) in [5, 5.41) is 1.04. The first-order chi connectivity index (χ1) is 12.4. The number of ether oxygens (including phenoxy) is 2. The Hall–Kier alpha value is -2.48. The fourth-order valence-corrected chi connectivity index (χ4v) is 3.80. The summed E-state index contributed by atoms with van der Waals surface area (Å²) < 4.78 is 34.5. The van der Waals surface area contributed by atoms with Gasteiger partial charge in [0, 0.05) is 18.5 Å². The van der Waals surface area contributed by atoms with Crippen LogP contribution in [0.25, 0.3) is 10.2 Å². The second-order valence-electron chi connectivity index (χ2n) is 5.88. The molecule has 138 valence electrons. The predicted octanol–water partition coefficient (Wildman–Crippen LogP) is 4.55. The van der Waals surface area contributed by atoms with Gasteiger partial charge in [0.1, 0.15) is 17.0 Å². The van der Waals surface area contributed by atoms with Crippen molar-refractivity contribution in [3.8, 4) is 11.5 Å². The summed E-state index contributed by atoms with van der Waals surface area (Å²) >= 11 is 1.64. The van der Waals surface area contributed by atoms with Gasteiger partial charge in [0.25, 0.3) is 0 Å². The van der Waals surface area contributed by atoms with Gasteiger partial charge in [0.05, 0.1) is 12.5 Å². The average Bonchev–Trinajstić information content (AvgIpc) is 2.90. The van der Waals surface area contributed by atoms with E-state index in [1.807, 2.05) is 11.9 Å². The fourth-order valence-electron chi connectivity index (χ4n) is 2.81. The van der Waals surface area contributed by atoms with Crippen LogP contribution < -0.4 is 14.4 Å². The number of fused-ring (bicyclic) bond motifs is 1. The summed E-state index contributed by atoms with van der Waals surface area (Å²) in [6, 6.07) is 4.92. The monoisotopic (exact) mass is 379 g/mol. The molecule has 0 saturated carbocycles. The minimum Gasteiger partial charge on any atom is -0.493 e. The molecule has 2 heterocycles. The molecular weight excluding hydrogens is 360 g/mol. The summed E-state index contributed by atoms with van der Waals surface area (Å²) in [4.78, 5) is 13.0. The number of hydrogen-bond acceptors (Lipinski definition) is 6. The summed E-state index contributed by atoms with van der Waals surface area (Å²) in [6.07, 6.45) is 1.56. The highest BCUT2D eigenvalue weighted by Gasteiger charge is 2.16. The van der Waals surface area contributed by atoms with Crippen LogP contribution in [-0.2, 0) is 6.54 Å². The Morgan fingerprint density at radius 1 is 1.19 bits per heavy atom. The fraction of sp³-hybridized carbons (Fsp3) is 0.333. The van der Waals surface area contributed by atoms with E-state index in [4.69, 9.17) is 4.74 Å². The van der Waals surface area contributed by atoms with E-state index in [-0.39, 0.29) is 11.5 Å². The number of aromatic nitrogens is 2. The Morgan fingerprint density at radius 2 is 1.96 bits per heavy atom. The number of anilines is 1. The van der Waals surface area contributed by atoms with Crippen LogP contribution in [0.2, 0.25) is 0 Å². The molecule has 0 atom stereocenters. The normalized spacial score (nSPS) is 11.2. The molecule has 1 aromatic carbocycles. The molecule has 8 heteroatoms. The van der Waals surface area contributed by atoms with E-state index in [1.165, 1.54) is 23.6 Å². The number of thiophene rings is 1. The molecule has 2 aromatic heterocycles. The number of halogens is 2. The zero-order valence-electron chi connectivity index (χ0n) is 14.9. The van der Waals surface area contributed by atoms with Crippen LogP contribution in [0.3, 0.4) is 0 Å². The van der Waals surface area contributed by atoms with Gasteiger partial charge in [0.2, 0.25) is 0 Å². The molecular formula is C18H19F2N3O2S. The van der Waals surface area contributed by atoms with Crippen molar-refractivity contribution in [3.63, 3.8) is 0 Å². The largest absolute Gasteiger partial charge is 0.493 e. The molecule has 0 aliphatic rings. The number of alkyl halides is 2. The Morgan fingerprint density at radius 3 is 2.65 bits per heavy atom. The molecule has 0 unspecified atom stereocenters. The lowest BCUT2D eigenvalue weighted by molar-refractivity contribution is -0.0512. The maximum Gasteiger partial charge on any atom is 0.387 e. The lowest BCUT2D eigenvalue weighted by atomic mass is 10.1. The third kappa shape index (κ3) is 3.55. The first kappa shape index (κ1) is 18.3. The molecule has 5 nitrogen and oxygen atoms in total. The third-order valence-electron chi connectivity index (χ3n) is 4.17. The van der Waals surface area contributed by atoms with E-state index >= 15 is 0 Å². The summed E-state index contributed by atoms with van der Waals surface area (Å²) in [5.74, 6) is 1.12. The van der Waals surface area contributed by atoms with Gasteiger partial charge in [-0.3, -0.25) is 0 Å². The number of rotatable bonds is 6. The molecule has 0 aliphatic carbocycles. The number of nitrogens with zero attached hydrogens (tertiary/aromatic N) is 3. The van der Waals surface area contributed by atoms with E-state index in [1.54, 1.807) is 29.8 Å². The molecule has 26 heavy (non-hydrogen) atoms. The van der Waals surface area contributed by atoms with Gasteiger partial charge in [-0.15, -0.1) is 11.3 Å². The molecule has 3 aromatic rings. The molecule has 3 rings (SSSR count). The molecule has 0 aliphatic heterocycles. The number of aryl methyl sites for hydroxylation is 2. The quantitative estimate of drug-likeness (QED) is 0.629. The van der Waals surface area contributed by atoms with Gasteiger partial charge in [-0.25, -0.2) is 9.97 Å². The van der Waals surface area contributed by atoms with Crippen LogP contribution in [0, 0.1) is 13.8 Å². The van der Waals surface area contributed by atoms with Crippen LogP contribution in [0.5, 0.6) is 11.5 Å². The third-order valence-corrected chi connectivity index (χ3v) is 5.29. The average molecular weight is 379 g/mol. The van der Waals surface area contributed by atoms with Gasteiger partial charge >= 0.3 is 6.61 Å². The van der Waals surface area contributed by atoms with Crippen molar-refractivity contribution in [1.82, 2.24) is 9.97 Å². The van der Waals surface area contributed by atoms with Crippen molar-refractivity contribution in [2.45, 2.75) is 27.0 Å². The van der Waals surface area contributed by atoms with Crippen molar-refractivity contribution in [3.05, 3.63) is 40.5 Å². The standard InChI is InChI=1S/C18H19F2N3O2S/c1-10-11(2)26-17-15(10)16(21-9-22-17)23(3)8-12-5-6-13(25-18(19)20)14(7-12)24-4/h5-7,9,18H,8H2,1-4H3. The minimum absolute atomic E-state index is 0.0163. The lowest BCUT2D eigenvalue weighted by Gasteiger charge is -2.20. The Kier molecular flexibility index (Phi) is 5.22. The first-order valence-electron chi connectivity index (χ1n) is 7.94. The van der Waals surface area contributed by atoms with Gasteiger partial charge in [0.15, 0.2) is 11.5 Å². The molecule has 0 fully saturated rings. The van der Waals surface area contributed by atoms with Crippen molar-refractivity contribution in [2.75, 3.05) is 19.1 Å². The number of benzene rings is 1. The zero-order valence-corrected chi connectivity index (χ0v) is 15.7. The Labute approximate surface area is 154 Å². The van der Waals surface area contributed by atoms with Gasteiger partial charge < -0.3 is 14.4 Å². The number of hydrogen-bond donors (Lipinski definition) is 0. The summed E-state index contributed by atoms with van der Waals surface area (Å²) in [7, 11) is 3.36.